The average Bonchev–Trinajstić information content (AvgIpc) is 3.01. The molecule has 0 unspecified atom stereocenters. The Morgan fingerprint density at radius 1 is 1.17 bits per heavy atom. The van der Waals surface area contributed by atoms with E-state index < -0.39 is 11.2 Å². The van der Waals surface area contributed by atoms with Crippen LogP contribution in [0.15, 0.2) is 15.9 Å². The van der Waals surface area contributed by atoms with Crippen molar-refractivity contribution in [1.29, 1.82) is 0 Å². The highest BCUT2D eigenvalue weighted by molar-refractivity contribution is 8.12. The molecule has 0 bridgehead atoms. The fraction of sp³-hybridized carbons (Fsp3) is 0.600. The second kappa shape index (κ2) is 6.94. The SMILES string of the molecule is Cn1c(=O)c2c(ncn2CSC(=O)CN2CCCCC2)n(C)c1=O. The number of hydrogen-bond acceptors (Lipinski definition) is 6. The molecule has 3 rings (SSSR count). The topological polar surface area (TPSA) is 82.1 Å². The molecule has 1 aliphatic heterocycles. The lowest BCUT2D eigenvalue weighted by atomic mass is 10.1. The standard InChI is InChI=1S/C15H21N5O3S/c1-17-13-12(14(22)18(2)15(17)23)20(9-16-13)10-24-11(21)8-19-6-4-3-5-7-19/h9H,3-8,10H2,1-2H3. The number of hydrogen-bond donors (Lipinski definition) is 0. The van der Waals surface area contributed by atoms with Crippen LogP contribution in [0.4, 0.5) is 0 Å². The van der Waals surface area contributed by atoms with E-state index in [9.17, 15) is 14.4 Å². The van der Waals surface area contributed by atoms with Gasteiger partial charge in [0.1, 0.15) is 0 Å². The molecule has 2 aromatic rings. The first-order valence-electron chi connectivity index (χ1n) is 7.98. The molecular formula is C15H21N5O3S. The quantitative estimate of drug-likeness (QED) is 0.779. The summed E-state index contributed by atoms with van der Waals surface area (Å²) in [5.74, 6) is 0.316. The molecule has 0 spiro atoms. The normalized spacial score (nSPS) is 15.9. The van der Waals surface area contributed by atoms with Crippen molar-refractivity contribution in [3.8, 4) is 0 Å². The Bertz CT molecular complexity index is 876. The van der Waals surface area contributed by atoms with Crippen LogP contribution in [-0.4, -0.2) is 48.3 Å². The molecule has 0 N–H and O–H groups in total. The van der Waals surface area contributed by atoms with Gasteiger partial charge in [-0.1, -0.05) is 18.2 Å². The minimum absolute atomic E-state index is 0.0837. The van der Waals surface area contributed by atoms with E-state index >= 15 is 0 Å². The molecule has 130 valence electrons. The number of aromatic nitrogens is 4. The van der Waals surface area contributed by atoms with Gasteiger partial charge >= 0.3 is 5.69 Å². The minimum Gasteiger partial charge on any atom is -0.314 e. The van der Waals surface area contributed by atoms with Crippen molar-refractivity contribution in [3.05, 3.63) is 27.2 Å². The fourth-order valence-corrected chi connectivity index (χ4v) is 3.73. The number of piperidine rings is 1. The van der Waals surface area contributed by atoms with Crippen molar-refractivity contribution in [1.82, 2.24) is 23.6 Å². The van der Waals surface area contributed by atoms with Gasteiger partial charge in [0.25, 0.3) is 5.56 Å². The van der Waals surface area contributed by atoms with E-state index in [1.807, 2.05) is 0 Å². The van der Waals surface area contributed by atoms with Gasteiger partial charge < -0.3 is 4.57 Å². The van der Waals surface area contributed by atoms with Crippen LogP contribution in [0.2, 0.25) is 0 Å². The van der Waals surface area contributed by atoms with Gasteiger partial charge in [0.2, 0.25) is 5.12 Å². The first-order valence-corrected chi connectivity index (χ1v) is 8.96. The van der Waals surface area contributed by atoms with Crippen molar-refractivity contribution >= 4 is 28.0 Å². The summed E-state index contributed by atoms with van der Waals surface area (Å²) in [6.07, 6.45) is 5.04. The Labute approximate surface area is 143 Å². The molecule has 0 amide bonds. The van der Waals surface area contributed by atoms with E-state index in [4.69, 9.17) is 0 Å². The van der Waals surface area contributed by atoms with Crippen LogP contribution in [0.1, 0.15) is 19.3 Å². The summed E-state index contributed by atoms with van der Waals surface area (Å²) in [6.45, 7) is 2.39. The number of imidazole rings is 1. The largest absolute Gasteiger partial charge is 0.332 e. The van der Waals surface area contributed by atoms with Gasteiger partial charge in [0.15, 0.2) is 11.2 Å². The van der Waals surface area contributed by atoms with Gasteiger partial charge in [0.05, 0.1) is 18.7 Å². The van der Waals surface area contributed by atoms with E-state index in [-0.39, 0.29) is 5.12 Å². The van der Waals surface area contributed by atoms with Gasteiger partial charge in [-0.2, -0.15) is 0 Å². The van der Waals surface area contributed by atoms with Crippen LogP contribution >= 0.6 is 11.8 Å². The zero-order valence-electron chi connectivity index (χ0n) is 13.9. The maximum absolute atomic E-state index is 12.3. The van der Waals surface area contributed by atoms with Gasteiger partial charge in [-0.3, -0.25) is 23.6 Å². The van der Waals surface area contributed by atoms with E-state index in [0.717, 1.165) is 30.5 Å². The number of carbonyl (C=O) groups excluding carboxylic acids is 1. The number of nitrogens with zero attached hydrogens (tertiary/aromatic N) is 5. The molecule has 9 heteroatoms. The predicted octanol–water partition coefficient (Wildman–Crippen LogP) is 0.137. The summed E-state index contributed by atoms with van der Waals surface area (Å²) in [6, 6.07) is 0. The Morgan fingerprint density at radius 2 is 1.88 bits per heavy atom. The van der Waals surface area contributed by atoms with Crippen molar-refractivity contribution in [3.63, 3.8) is 0 Å². The zero-order valence-corrected chi connectivity index (χ0v) is 14.7. The van der Waals surface area contributed by atoms with Gasteiger partial charge in [-0.05, 0) is 25.9 Å². The molecule has 2 aromatic heterocycles. The number of carbonyl (C=O) groups is 1. The number of aryl methyl sites for hydroxylation is 1. The first kappa shape index (κ1) is 17.0. The maximum atomic E-state index is 12.3. The third kappa shape index (κ3) is 3.18. The lowest BCUT2D eigenvalue weighted by Crippen LogP contribution is -2.37. The highest BCUT2D eigenvalue weighted by Gasteiger charge is 2.17. The number of rotatable bonds is 4. The summed E-state index contributed by atoms with van der Waals surface area (Å²) in [5.41, 5.74) is -0.119. The Balaban J connectivity index is 1.75. The Hall–Kier alpha value is -1.87. The van der Waals surface area contributed by atoms with E-state index in [0.29, 0.717) is 23.6 Å². The molecular weight excluding hydrogens is 330 g/mol. The third-order valence-corrected chi connectivity index (χ3v) is 5.24. The zero-order chi connectivity index (χ0) is 17.3. The average molecular weight is 351 g/mol. The molecule has 24 heavy (non-hydrogen) atoms. The number of fused-ring (bicyclic) bond motifs is 1. The van der Waals surface area contributed by atoms with E-state index in [2.05, 4.69) is 9.88 Å². The number of likely N-dealkylation sites (tertiary alicyclic amines) is 1. The van der Waals surface area contributed by atoms with Crippen LogP contribution < -0.4 is 11.2 Å². The molecule has 0 aliphatic carbocycles. The summed E-state index contributed by atoms with van der Waals surface area (Å²) in [5, 5.41) is 0.0837. The molecule has 8 nitrogen and oxygen atoms in total. The first-order chi connectivity index (χ1) is 11.5. The maximum Gasteiger partial charge on any atom is 0.332 e. The third-order valence-electron chi connectivity index (χ3n) is 4.38. The van der Waals surface area contributed by atoms with Gasteiger partial charge in [-0.25, -0.2) is 9.78 Å². The molecule has 1 aliphatic rings. The molecule has 0 aromatic carbocycles. The van der Waals surface area contributed by atoms with Crippen molar-refractivity contribution in [2.75, 3.05) is 19.6 Å². The van der Waals surface area contributed by atoms with Gasteiger partial charge in [0, 0.05) is 14.1 Å². The van der Waals surface area contributed by atoms with Crippen molar-refractivity contribution in [2.45, 2.75) is 25.1 Å². The van der Waals surface area contributed by atoms with Crippen LogP contribution in [0, 0.1) is 0 Å². The molecule has 1 saturated heterocycles. The molecule has 3 heterocycles. The van der Waals surface area contributed by atoms with Crippen LogP contribution in [0.5, 0.6) is 0 Å². The number of thioether (sulfide) groups is 1. The van der Waals surface area contributed by atoms with Crippen LogP contribution in [0.3, 0.4) is 0 Å². The highest BCUT2D eigenvalue weighted by atomic mass is 32.2. The van der Waals surface area contributed by atoms with Gasteiger partial charge in [-0.15, -0.1) is 0 Å². The summed E-state index contributed by atoms with van der Waals surface area (Å²) in [4.78, 5) is 42.7. The summed E-state index contributed by atoms with van der Waals surface area (Å²) >= 11 is 1.17. The molecule has 0 atom stereocenters. The summed E-state index contributed by atoms with van der Waals surface area (Å²) < 4.78 is 4.03. The van der Waals surface area contributed by atoms with Crippen LogP contribution in [-0.2, 0) is 24.8 Å². The monoisotopic (exact) mass is 351 g/mol. The lowest BCUT2D eigenvalue weighted by Gasteiger charge is -2.25. The minimum atomic E-state index is -0.411. The van der Waals surface area contributed by atoms with Crippen molar-refractivity contribution < 1.29 is 4.79 Å². The van der Waals surface area contributed by atoms with Crippen molar-refractivity contribution in [2.24, 2.45) is 14.1 Å². The molecule has 0 radical (unpaired) electrons. The molecule has 0 saturated carbocycles. The Morgan fingerprint density at radius 3 is 2.58 bits per heavy atom. The second-order valence-electron chi connectivity index (χ2n) is 6.07. The highest BCUT2D eigenvalue weighted by Crippen LogP contribution is 2.14. The Kier molecular flexibility index (Phi) is 4.91. The lowest BCUT2D eigenvalue weighted by molar-refractivity contribution is -0.112. The predicted molar refractivity (Wildman–Crippen MR) is 93.1 cm³/mol. The van der Waals surface area contributed by atoms with Crippen LogP contribution in [0.25, 0.3) is 11.2 Å². The fourth-order valence-electron chi connectivity index (χ4n) is 2.98. The summed E-state index contributed by atoms with van der Waals surface area (Å²) in [7, 11) is 3.02. The second-order valence-corrected chi connectivity index (χ2v) is 7.08. The van der Waals surface area contributed by atoms with E-state index in [1.165, 1.54) is 36.1 Å². The van der Waals surface area contributed by atoms with E-state index in [1.54, 1.807) is 11.6 Å². The molecule has 1 fully saturated rings. The smallest absolute Gasteiger partial charge is 0.314 e.